The van der Waals surface area contributed by atoms with Crippen molar-refractivity contribution in [1.29, 1.82) is 0 Å². The van der Waals surface area contributed by atoms with Gasteiger partial charge in [0.05, 0.1) is 15.1 Å². The number of hydrogen-bond acceptors (Lipinski definition) is 2. The molecule has 2 nitrogen and oxygen atoms in total. The highest BCUT2D eigenvalue weighted by atomic mass is 35.5. The summed E-state index contributed by atoms with van der Waals surface area (Å²) in [7, 11) is 0. The maximum Gasteiger partial charge on any atom is 0.187 e. The summed E-state index contributed by atoms with van der Waals surface area (Å²) in [6.45, 7) is 0. The Morgan fingerprint density at radius 2 is 1.89 bits per heavy atom. The second-order valence-corrected chi connectivity index (χ2v) is 5.08. The van der Waals surface area contributed by atoms with Gasteiger partial charge >= 0.3 is 0 Å². The van der Waals surface area contributed by atoms with Gasteiger partial charge in [-0.05, 0) is 23.8 Å². The molecule has 0 aliphatic carbocycles. The van der Waals surface area contributed by atoms with Gasteiger partial charge in [0.25, 0.3) is 0 Å². The van der Waals surface area contributed by atoms with Crippen LogP contribution in [-0.2, 0) is 6.42 Å². The van der Waals surface area contributed by atoms with Crippen molar-refractivity contribution in [3.05, 3.63) is 62.6 Å². The Labute approximate surface area is 124 Å². The minimum Gasteiger partial charge on any atom is -0.292 e. The number of carbonyl (C=O) groups excluding carboxylic acids is 1. The van der Waals surface area contributed by atoms with Gasteiger partial charge in [-0.2, -0.15) is 0 Å². The molecule has 19 heavy (non-hydrogen) atoms. The van der Waals surface area contributed by atoms with Crippen LogP contribution in [0.1, 0.15) is 16.1 Å². The minimum absolute atomic E-state index is 0.0115. The van der Waals surface area contributed by atoms with Gasteiger partial charge in [0, 0.05) is 12.6 Å². The molecule has 2 rings (SSSR count). The fraction of sp³-hybridized carbons (Fsp3) is 0.0769. The normalized spacial score (nSPS) is 10.5. The third-order valence-electron chi connectivity index (χ3n) is 2.42. The fourth-order valence-electron chi connectivity index (χ4n) is 1.54. The number of hydrogen-bond donors (Lipinski definition) is 0. The van der Waals surface area contributed by atoms with Crippen LogP contribution < -0.4 is 0 Å². The third-order valence-corrected chi connectivity index (χ3v) is 3.22. The second-order valence-electron chi connectivity index (χ2n) is 3.83. The van der Waals surface area contributed by atoms with Gasteiger partial charge in [0.1, 0.15) is 11.5 Å². The summed E-state index contributed by atoms with van der Waals surface area (Å²) in [6.07, 6.45) is 1.32. The molecule has 0 unspecified atom stereocenters. The van der Waals surface area contributed by atoms with E-state index in [0.717, 1.165) is 0 Å². The molecule has 0 radical (unpaired) electrons. The Hall–Kier alpha value is -1.16. The van der Waals surface area contributed by atoms with Crippen LogP contribution in [0.15, 0.2) is 30.5 Å². The molecule has 1 heterocycles. The fourth-order valence-corrected chi connectivity index (χ4v) is 2.14. The molecule has 0 atom stereocenters. The first kappa shape index (κ1) is 14.3. The van der Waals surface area contributed by atoms with Gasteiger partial charge in [0.15, 0.2) is 5.78 Å². The van der Waals surface area contributed by atoms with Gasteiger partial charge in [-0.15, -0.1) is 0 Å². The average molecular weight is 319 g/mol. The van der Waals surface area contributed by atoms with Crippen LogP contribution in [0.25, 0.3) is 0 Å². The Bertz CT molecular complexity index is 646. The van der Waals surface area contributed by atoms with E-state index in [-0.39, 0.29) is 27.9 Å². The van der Waals surface area contributed by atoms with Crippen LogP contribution in [0.5, 0.6) is 0 Å². The first-order valence-corrected chi connectivity index (χ1v) is 6.39. The lowest BCUT2D eigenvalue weighted by atomic mass is 10.1. The monoisotopic (exact) mass is 317 g/mol. The standard InChI is InChI=1S/C13H7Cl3FNO/c14-8-5-10(16)13(18-6-8)12(19)4-7-1-2-9(15)11(17)3-7/h1-3,5-6H,4H2. The van der Waals surface area contributed by atoms with E-state index in [2.05, 4.69) is 4.98 Å². The molecule has 1 aromatic heterocycles. The van der Waals surface area contributed by atoms with Crippen molar-refractivity contribution in [2.75, 3.05) is 0 Å². The van der Waals surface area contributed by atoms with E-state index < -0.39 is 5.82 Å². The molecule has 0 saturated heterocycles. The van der Waals surface area contributed by atoms with Crippen LogP contribution in [0, 0.1) is 5.82 Å². The van der Waals surface area contributed by atoms with Crippen molar-refractivity contribution in [1.82, 2.24) is 4.98 Å². The first-order valence-electron chi connectivity index (χ1n) is 5.25. The molecule has 0 fully saturated rings. The van der Waals surface area contributed by atoms with Crippen molar-refractivity contribution in [3.63, 3.8) is 0 Å². The molecule has 0 aliphatic rings. The van der Waals surface area contributed by atoms with Crippen molar-refractivity contribution in [3.8, 4) is 0 Å². The van der Waals surface area contributed by atoms with Crippen LogP contribution in [0.3, 0.4) is 0 Å². The maximum absolute atomic E-state index is 13.3. The topological polar surface area (TPSA) is 30.0 Å². The summed E-state index contributed by atoms with van der Waals surface area (Å²) in [5.41, 5.74) is 0.612. The van der Waals surface area contributed by atoms with Crippen LogP contribution in [0.4, 0.5) is 4.39 Å². The van der Waals surface area contributed by atoms with E-state index in [9.17, 15) is 9.18 Å². The molecule has 0 N–H and O–H groups in total. The van der Waals surface area contributed by atoms with Crippen molar-refractivity contribution in [2.45, 2.75) is 6.42 Å². The number of pyridine rings is 1. The van der Waals surface area contributed by atoms with E-state index in [1.165, 1.54) is 24.4 Å². The van der Waals surface area contributed by atoms with Gasteiger partial charge in [0.2, 0.25) is 0 Å². The Morgan fingerprint density at radius 3 is 2.53 bits per heavy atom. The van der Waals surface area contributed by atoms with Gasteiger partial charge < -0.3 is 0 Å². The molecule has 0 saturated carbocycles. The van der Waals surface area contributed by atoms with Gasteiger partial charge in [-0.25, -0.2) is 9.37 Å². The van der Waals surface area contributed by atoms with Crippen molar-refractivity contribution < 1.29 is 9.18 Å². The predicted molar refractivity (Wildman–Crippen MR) is 73.7 cm³/mol. The number of ketones is 1. The maximum atomic E-state index is 13.3. The van der Waals surface area contributed by atoms with Crippen molar-refractivity contribution in [2.24, 2.45) is 0 Å². The number of halogens is 4. The molecule has 98 valence electrons. The third kappa shape index (κ3) is 3.44. The lowest BCUT2D eigenvalue weighted by Gasteiger charge is -2.04. The van der Waals surface area contributed by atoms with Crippen molar-refractivity contribution >= 4 is 40.6 Å². The average Bonchev–Trinajstić information content (AvgIpc) is 2.33. The Kier molecular flexibility index (Phi) is 4.40. The molecular weight excluding hydrogens is 312 g/mol. The molecule has 0 aliphatic heterocycles. The molecule has 0 spiro atoms. The molecular formula is C13H7Cl3FNO. The highest BCUT2D eigenvalue weighted by molar-refractivity contribution is 6.36. The Morgan fingerprint density at radius 1 is 1.16 bits per heavy atom. The number of aromatic nitrogens is 1. The van der Waals surface area contributed by atoms with E-state index >= 15 is 0 Å². The summed E-state index contributed by atoms with van der Waals surface area (Å²) in [5.74, 6) is -0.884. The zero-order valence-electron chi connectivity index (χ0n) is 9.46. The summed E-state index contributed by atoms with van der Waals surface area (Å²) in [4.78, 5) is 15.9. The van der Waals surface area contributed by atoms with Crippen LogP contribution in [-0.4, -0.2) is 10.8 Å². The van der Waals surface area contributed by atoms with E-state index in [1.54, 1.807) is 6.07 Å². The summed E-state index contributed by atoms with van der Waals surface area (Å²) < 4.78 is 13.3. The molecule has 6 heteroatoms. The molecule has 0 bridgehead atoms. The van der Waals surface area contributed by atoms with Gasteiger partial charge in [-0.1, -0.05) is 40.9 Å². The minimum atomic E-state index is -0.567. The summed E-state index contributed by atoms with van der Waals surface area (Å²) >= 11 is 17.2. The van der Waals surface area contributed by atoms with Crippen LogP contribution >= 0.6 is 34.8 Å². The largest absolute Gasteiger partial charge is 0.292 e. The number of nitrogens with zero attached hydrogens (tertiary/aromatic N) is 1. The molecule has 1 aromatic carbocycles. The van der Waals surface area contributed by atoms with E-state index in [4.69, 9.17) is 34.8 Å². The summed E-state index contributed by atoms with van der Waals surface area (Å²) in [5, 5.41) is 0.532. The zero-order valence-corrected chi connectivity index (χ0v) is 11.7. The quantitative estimate of drug-likeness (QED) is 0.774. The van der Waals surface area contributed by atoms with Gasteiger partial charge in [-0.3, -0.25) is 4.79 Å². The SMILES string of the molecule is O=C(Cc1ccc(Cl)c(F)c1)c1ncc(Cl)cc1Cl. The lowest BCUT2D eigenvalue weighted by molar-refractivity contribution is 0.0988. The number of benzene rings is 1. The Balaban J connectivity index is 2.23. The number of carbonyl (C=O) groups is 1. The smallest absolute Gasteiger partial charge is 0.187 e. The summed E-state index contributed by atoms with van der Waals surface area (Å²) in [6, 6.07) is 5.62. The first-order chi connectivity index (χ1) is 8.97. The van der Waals surface area contributed by atoms with Crippen LogP contribution in [0.2, 0.25) is 15.1 Å². The van der Waals surface area contributed by atoms with E-state index in [0.29, 0.717) is 10.6 Å². The highest BCUT2D eigenvalue weighted by Gasteiger charge is 2.14. The lowest BCUT2D eigenvalue weighted by Crippen LogP contribution is -2.07. The molecule has 0 amide bonds. The highest BCUT2D eigenvalue weighted by Crippen LogP contribution is 2.21. The number of rotatable bonds is 3. The zero-order chi connectivity index (χ0) is 14.0. The second kappa shape index (κ2) is 5.87. The number of Topliss-reactive ketones (excluding diaryl/α,β-unsaturated/α-hetero) is 1. The molecule has 2 aromatic rings. The van der Waals surface area contributed by atoms with E-state index in [1.807, 2.05) is 0 Å². The predicted octanol–water partition coefficient (Wildman–Crippen LogP) is 4.61.